The van der Waals surface area contributed by atoms with Gasteiger partial charge >= 0.3 is 5.97 Å². The Balaban J connectivity index is 3.08. The molecule has 0 aliphatic carbocycles. The van der Waals surface area contributed by atoms with Crippen LogP contribution >= 0.6 is 38.5 Å². The monoisotopic (exact) mass is 379 g/mol. The number of carbonyl (C=O) groups is 1. The molecular formula is C10H7BrINO2. The third-order valence-electron chi connectivity index (χ3n) is 1.85. The Hall–Kier alpha value is -0.610. The van der Waals surface area contributed by atoms with E-state index in [4.69, 9.17) is 5.26 Å². The Bertz CT molecular complexity index is 440. The predicted molar refractivity (Wildman–Crippen MR) is 67.3 cm³/mol. The first-order valence-corrected chi connectivity index (χ1v) is 5.91. The first-order chi connectivity index (χ1) is 7.10. The van der Waals surface area contributed by atoms with Crippen molar-refractivity contribution in [1.29, 1.82) is 5.26 Å². The Kier molecular flexibility index (Phi) is 4.54. The minimum atomic E-state index is -0.287. The molecule has 0 spiro atoms. The lowest BCUT2D eigenvalue weighted by Gasteiger charge is -2.06. The molecule has 3 nitrogen and oxygen atoms in total. The van der Waals surface area contributed by atoms with Gasteiger partial charge < -0.3 is 4.74 Å². The minimum Gasteiger partial charge on any atom is -0.469 e. The van der Waals surface area contributed by atoms with Crippen LogP contribution in [0.5, 0.6) is 0 Å². The third-order valence-corrected chi connectivity index (χ3v) is 4.64. The van der Waals surface area contributed by atoms with Gasteiger partial charge in [-0.15, -0.1) is 0 Å². The second-order valence-corrected chi connectivity index (χ2v) is 4.64. The average Bonchev–Trinajstić information content (AvgIpc) is 2.25. The Morgan fingerprint density at radius 2 is 2.33 bits per heavy atom. The lowest BCUT2D eigenvalue weighted by atomic mass is 10.1. The molecule has 0 aliphatic heterocycles. The summed E-state index contributed by atoms with van der Waals surface area (Å²) in [6.45, 7) is 0. The smallest absolute Gasteiger partial charge is 0.310 e. The van der Waals surface area contributed by atoms with E-state index < -0.39 is 0 Å². The maximum Gasteiger partial charge on any atom is 0.310 e. The van der Waals surface area contributed by atoms with Crippen molar-refractivity contribution in [1.82, 2.24) is 0 Å². The molecule has 5 heteroatoms. The van der Waals surface area contributed by atoms with Crippen LogP contribution in [0.3, 0.4) is 0 Å². The van der Waals surface area contributed by atoms with E-state index in [1.54, 1.807) is 12.1 Å². The number of benzene rings is 1. The molecule has 0 aliphatic rings. The van der Waals surface area contributed by atoms with Crippen molar-refractivity contribution in [3.8, 4) is 6.07 Å². The van der Waals surface area contributed by atoms with Gasteiger partial charge in [0.05, 0.1) is 19.1 Å². The fourth-order valence-electron chi connectivity index (χ4n) is 1.04. The third kappa shape index (κ3) is 2.92. The van der Waals surface area contributed by atoms with Crippen LogP contribution in [-0.2, 0) is 16.0 Å². The van der Waals surface area contributed by atoms with Gasteiger partial charge in [0.1, 0.15) is 6.07 Å². The number of hydrogen-bond donors (Lipinski definition) is 0. The molecular weight excluding hydrogens is 373 g/mol. The van der Waals surface area contributed by atoms with E-state index >= 15 is 0 Å². The van der Waals surface area contributed by atoms with Crippen LogP contribution in [0.25, 0.3) is 0 Å². The van der Waals surface area contributed by atoms with Crippen LogP contribution in [0.2, 0.25) is 0 Å². The molecule has 0 bridgehead atoms. The number of methoxy groups -OCH3 is 1. The molecule has 0 fully saturated rings. The standard InChI is InChI=1S/C10H7BrINO2/c1-15-8(14)4-6-2-3-7(5-13)9(11)10(6)12/h2-3H,4H2,1H3. The van der Waals surface area contributed by atoms with Gasteiger partial charge in [-0.2, -0.15) is 5.26 Å². The molecule has 0 saturated carbocycles. The van der Waals surface area contributed by atoms with Crippen molar-refractivity contribution in [2.24, 2.45) is 0 Å². The van der Waals surface area contributed by atoms with Crippen LogP contribution in [-0.4, -0.2) is 13.1 Å². The number of ether oxygens (including phenoxy) is 1. The maximum absolute atomic E-state index is 11.1. The Morgan fingerprint density at radius 1 is 1.67 bits per heavy atom. The zero-order valence-corrected chi connectivity index (χ0v) is 11.6. The molecule has 15 heavy (non-hydrogen) atoms. The summed E-state index contributed by atoms with van der Waals surface area (Å²) in [4.78, 5) is 11.1. The van der Waals surface area contributed by atoms with Gasteiger partial charge in [0.15, 0.2) is 0 Å². The summed E-state index contributed by atoms with van der Waals surface area (Å²) in [6, 6.07) is 5.51. The van der Waals surface area contributed by atoms with Gasteiger partial charge in [-0.1, -0.05) is 6.07 Å². The van der Waals surface area contributed by atoms with Crippen molar-refractivity contribution >= 4 is 44.5 Å². The summed E-state index contributed by atoms with van der Waals surface area (Å²) >= 11 is 5.42. The molecule has 0 aromatic heterocycles. The number of nitrogens with zero attached hydrogens (tertiary/aromatic N) is 1. The zero-order chi connectivity index (χ0) is 11.4. The maximum atomic E-state index is 11.1. The number of esters is 1. The average molecular weight is 380 g/mol. The molecule has 1 rings (SSSR count). The highest BCUT2D eigenvalue weighted by Crippen LogP contribution is 2.26. The van der Waals surface area contributed by atoms with Crippen molar-refractivity contribution in [3.05, 3.63) is 31.3 Å². The van der Waals surface area contributed by atoms with Gasteiger partial charge in [-0.05, 0) is 50.2 Å². The number of halogens is 2. The van der Waals surface area contributed by atoms with E-state index in [1.165, 1.54) is 7.11 Å². The van der Waals surface area contributed by atoms with Gasteiger partial charge in [0.25, 0.3) is 0 Å². The molecule has 1 aromatic rings. The lowest BCUT2D eigenvalue weighted by molar-refractivity contribution is -0.139. The first kappa shape index (κ1) is 12.5. The highest BCUT2D eigenvalue weighted by Gasteiger charge is 2.11. The quantitative estimate of drug-likeness (QED) is 0.586. The summed E-state index contributed by atoms with van der Waals surface area (Å²) < 4.78 is 6.18. The SMILES string of the molecule is COC(=O)Cc1ccc(C#N)c(Br)c1I. The summed E-state index contributed by atoms with van der Waals surface area (Å²) in [5.74, 6) is -0.287. The van der Waals surface area contributed by atoms with Crippen LogP contribution in [0.15, 0.2) is 16.6 Å². The minimum absolute atomic E-state index is 0.221. The second kappa shape index (κ2) is 5.47. The number of carbonyl (C=O) groups excluding carboxylic acids is 1. The van der Waals surface area contributed by atoms with E-state index in [9.17, 15) is 4.79 Å². The van der Waals surface area contributed by atoms with E-state index in [0.29, 0.717) is 5.56 Å². The van der Waals surface area contributed by atoms with Crippen LogP contribution in [0, 0.1) is 14.9 Å². The molecule has 0 unspecified atom stereocenters. The Morgan fingerprint density at radius 3 is 2.87 bits per heavy atom. The molecule has 0 amide bonds. The highest BCUT2D eigenvalue weighted by molar-refractivity contribution is 14.1. The summed E-state index contributed by atoms with van der Waals surface area (Å²) in [7, 11) is 1.36. The van der Waals surface area contributed by atoms with Crippen LogP contribution < -0.4 is 0 Å². The van der Waals surface area contributed by atoms with Crippen molar-refractivity contribution in [2.75, 3.05) is 7.11 Å². The molecule has 1 aromatic carbocycles. The molecule has 78 valence electrons. The lowest BCUT2D eigenvalue weighted by Crippen LogP contribution is -2.06. The van der Waals surface area contributed by atoms with Crippen molar-refractivity contribution in [3.63, 3.8) is 0 Å². The van der Waals surface area contributed by atoms with E-state index in [1.807, 2.05) is 0 Å². The van der Waals surface area contributed by atoms with Gasteiger partial charge in [0, 0.05) is 8.04 Å². The van der Waals surface area contributed by atoms with Crippen LogP contribution in [0.4, 0.5) is 0 Å². The van der Waals surface area contributed by atoms with Gasteiger partial charge in [-0.3, -0.25) is 4.79 Å². The molecule has 0 N–H and O–H groups in total. The Labute approximate surface area is 110 Å². The van der Waals surface area contributed by atoms with E-state index in [-0.39, 0.29) is 12.4 Å². The van der Waals surface area contributed by atoms with Crippen molar-refractivity contribution < 1.29 is 9.53 Å². The van der Waals surface area contributed by atoms with Crippen molar-refractivity contribution in [2.45, 2.75) is 6.42 Å². The summed E-state index contributed by atoms with van der Waals surface area (Å²) in [6.07, 6.45) is 0.221. The largest absolute Gasteiger partial charge is 0.469 e. The van der Waals surface area contributed by atoms with Gasteiger partial charge in [0.2, 0.25) is 0 Å². The molecule has 0 heterocycles. The summed E-state index contributed by atoms with van der Waals surface area (Å²) in [5.41, 5.74) is 1.42. The number of rotatable bonds is 2. The van der Waals surface area contributed by atoms with E-state index in [0.717, 1.165) is 13.6 Å². The number of hydrogen-bond acceptors (Lipinski definition) is 3. The van der Waals surface area contributed by atoms with Crippen LogP contribution in [0.1, 0.15) is 11.1 Å². The first-order valence-electron chi connectivity index (χ1n) is 4.04. The zero-order valence-electron chi connectivity index (χ0n) is 7.88. The van der Waals surface area contributed by atoms with Gasteiger partial charge in [-0.25, -0.2) is 0 Å². The fourth-order valence-corrected chi connectivity index (χ4v) is 2.18. The van der Waals surface area contributed by atoms with E-state index in [2.05, 4.69) is 49.3 Å². The molecule has 0 atom stereocenters. The highest BCUT2D eigenvalue weighted by atomic mass is 127. The summed E-state index contributed by atoms with van der Waals surface area (Å²) in [5, 5.41) is 8.79. The molecule has 0 radical (unpaired) electrons. The molecule has 0 saturated heterocycles. The fraction of sp³-hybridized carbons (Fsp3) is 0.200. The predicted octanol–water partition coefficient (Wildman–Crippen LogP) is 2.64. The normalized spacial score (nSPS) is 9.47. The number of nitriles is 1. The second-order valence-electron chi connectivity index (χ2n) is 2.76. The topological polar surface area (TPSA) is 50.1 Å².